The van der Waals surface area contributed by atoms with Gasteiger partial charge in [0.2, 0.25) is 0 Å². The van der Waals surface area contributed by atoms with E-state index in [0.29, 0.717) is 17.7 Å². The van der Waals surface area contributed by atoms with Gasteiger partial charge >= 0.3 is 0 Å². The highest BCUT2D eigenvalue weighted by Crippen LogP contribution is 2.26. The van der Waals surface area contributed by atoms with Gasteiger partial charge in [-0.15, -0.1) is 0 Å². The van der Waals surface area contributed by atoms with Gasteiger partial charge in [-0.25, -0.2) is 4.68 Å². The van der Waals surface area contributed by atoms with Gasteiger partial charge in [-0.05, 0) is 36.2 Å². The van der Waals surface area contributed by atoms with E-state index in [1.807, 2.05) is 42.8 Å². The number of hydrogen-bond acceptors (Lipinski definition) is 3. The van der Waals surface area contributed by atoms with Crippen LogP contribution in [-0.2, 0) is 13.6 Å². The van der Waals surface area contributed by atoms with E-state index >= 15 is 0 Å². The maximum absolute atomic E-state index is 12.9. The maximum atomic E-state index is 12.9. The number of nitrogens with zero attached hydrogens (tertiary/aromatic N) is 3. The summed E-state index contributed by atoms with van der Waals surface area (Å²) in [5.41, 5.74) is 10.3. The van der Waals surface area contributed by atoms with Gasteiger partial charge in [0.15, 0.2) is 0 Å². The average molecular weight is 318 g/mol. The molecule has 0 saturated heterocycles. The van der Waals surface area contributed by atoms with Crippen molar-refractivity contribution in [2.45, 2.75) is 13.5 Å². The maximum Gasteiger partial charge on any atom is 0.291 e. The van der Waals surface area contributed by atoms with Gasteiger partial charge in [0, 0.05) is 29.0 Å². The van der Waals surface area contributed by atoms with E-state index in [1.165, 1.54) is 10.2 Å². The topological polar surface area (TPSA) is 65.8 Å². The van der Waals surface area contributed by atoms with Crippen LogP contribution in [0.2, 0.25) is 0 Å². The highest BCUT2D eigenvalue weighted by atomic mass is 16.1. The lowest BCUT2D eigenvalue weighted by molar-refractivity contribution is 0.644. The summed E-state index contributed by atoms with van der Waals surface area (Å²) in [7, 11) is 1.93. The fraction of sp³-hybridized carbons (Fsp3) is 0.158. The molecule has 4 aromatic rings. The summed E-state index contributed by atoms with van der Waals surface area (Å²) in [6.07, 6.45) is 1.78. The minimum absolute atomic E-state index is 0.0914. The zero-order chi connectivity index (χ0) is 16.8. The van der Waals surface area contributed by atoms with Gasteiger partial charge in [0.1, 0.15) is 5.52 Å². The fourth-order valence-corrected chi connectivity index (χ4v) is 3.24. The Morgan fingerprint density at radius 2 is 1.96 bits per heavy atom. The van der Waals surface area contributed by atoms with Crippen LogP contribution in [0.5, 0.6) is 0 Å². The molecule has 2 aromatic carbocycles. The summed E-state index contributed by atoms with van der Waals surface area (Å²) in [5.74, 6) is 0. The molecule has 0 aliphatic carbocycles. The van der Waals surface area contributed by atoms with E-state index in [-0.39, 0.29) is 5.56 Å². The van der Waals surface area contributed by atoms with E-state index in [2.05, 4.69) is 23.3 Å². The number of anilines is 1. The van der Waals surface area contributed by atoms with Gasteiger partial charge in [0.25, 0.3) is 5.56 Å². The zero-order valence-electron chi connectivity index (χ0n) is 13.7. The van der Waals surface area contributed by atoms with Gasteiger partial charge in [0.05, 0.1) is 12.7 Å². The van der Waals surface area contributed by atoms with Crippen molar-refractivity contribution < 1.29 is 0 Å². The van der Waals surface area contributed by atoms with Crippen molar-refractivity contribution in [3.05, 3.63) is 70.1 Å². The van der Waals surface area contributed by atoms with Crippen molar-refractivity contribution in [3.63, 3.8) is 0 Å². The molecule has 0 bridgehead atoms. The lowest BCUT2D eigenvalue weighted by Crippen LogP contribution is -2.24. The smallest absolute Gasteiger partial charge is 0.291 e. The van der Waals surface area contributed by atoms with Crippen LogP contribution in [0, 0.1) is 6.92 Å². The first-order valence-electron chi connectivity index (χ1n) is 7.84. The first-order valence-corrected chi connectivity index (χ1v) is 7.84. The van der Waals surface area contributed by atoms with Crippen LogP contribution in [0.15, 0.2) is 53.5 Å². The predicted octanol–water partition coefficient (Wildman–Crippen LogP) is 2.83. The number of aromatic nitrogens is 3. The third-order valence-corrected chi connectivity index (χ3v) is 4.44. The fourth-order valence-electron chi connectivity index (χ4n) is 3.24. The Morgan fingerprint density at radius 3 is 2.75 bits per heavy atom. The third-order valence-electron chi connectivity index (χ3n) is 4.44. The van der Waals surface area contributed by atoms with E-state index in [4.69, 9.17) is 5.73 Å². The van der Waals surface area contributed by atoms with Crippen molar-refractivity contribution >= 4 is 27.5 Å². The quantitative estimate of drug-likeness (QED) is 0.578. The van der Waals surface area contributed by atoms with Crippen molar-refractivity contribution in [2.24, 2.45) is 7.05 Å². The molecule has 0 atom stereocenters. The second-order valence-electron chi connectivity index (χ2n) is 6.19. The van der Waals surface area contributed by atoms with E-state index in [9.17, 15) is 4.79 Å². The molecule has 0 saturated carbocycles. The molecule has 0 radical (unpaired) electrons. The molecule has 5 heteroatoms. The first kappa shape index (κ1) is 14.5. The molecule has 2 heterocycles. The summed E-state index contributed by atoms with van der Waals surface area (Å²) in [5, 5.41) is 6.31. The van der Waals surface area contributed by atoms with Crippen LogP contribution in [0.4, 0.5) is 5.69 Å². The molecule has 4 rings (SSSR count). The standard InChI is InChI=1S/C19H18N4O/c1-12-6-7-15-16-10-21-23(11-13-4-3-5-14(20)9-13)19(24)18(16)22(2)17(15)8-12/h3-10H,11,20H2,1-2H3. The van der Waals surface area contributed by atoms with Crippen LogP contribution < -0.4 is 11.3 Å². The average Bonchev–Trinajstić information content (AvgIpc) is 2.83. The van der Waals surface area contributed by atoms with Crippen molar-refractivity contribution in [2.75, 3.05) is 5.73 Å². The highest BCUT2D eigenvalue weighted by Gasteiger charge is 2.14. The van der Waals surface area contributed by atoms with Crippen molar-refractivity contribution in [3.8, 4) is 0 Å². The monoisotopic (exact) mass is 318 g/mol. The van der Waals surface area contributed by atoms with Crippen molar-refractivity contribution in [1.29, 1.82) is 0 Å². The van der Waals surface area contributed by atoms with E-state index in [1.54, 1.807) is 6.20 Å². The summed E-state index contributed by atoms with van der Waals surface area (Å²) < 4.78 is 3.44. The van der Waals surface area contributed by atoms with Gasteiger partial charge in [-0.1, -0.05) is 24.3 Å². The molecule has 24 heavy (non-hydrogen) atoms. The van der Waals surface area contributed by atoms with Gasteiger partial charge in [-0.2, -0.15) is 5.10 Å². The van der Waals surface area contributed by atoms with Crippen LogP contribution in [0.1, 0.15) is 11.1 Å². The number of fused-ring (bicyclic) bond motifs is 3. The first-order chi connectivity index (χ1) is 11.5. The number of nitrogens with two attached hydrogens (primary N) is 1. The number of nitrogen functional groups attached to an aromatic ring is 1. The second kappa shape index (κ2) is 5.23. The Hall–Kier alpha value is -3.08. The molecule has 2 aromatic heterocycles. The number of hydrogen-bond donors (Lipinski definition) is 1. The highest BCUT2D eigenvalue weighted by molar-refractivity contribution is 6.07. The van der Waals surface area contributed by atoms with Gasteiger partial charge < -0.3 is 10.3 Å². The summed E-state index contributed by atoms with van der Waals surface area (Å²) in [4.78, 5) is 12.9. The Kier molecular flexibility index (Phi) is 3.16. The predicted molar refractivity (Wildman–Crippen MR) is 97.2 cm³/mol. The van der Waals surface area contributed by atoms with Crippen LogP contribution >= 0.6 is 0 Å². The molecule has 0 aliphatic rings. The Bertz CT molecular complexity index is 1140. The minimum atomic E-state index is -0.0914. The van der Waals surface area contributed by atoms with E-state index < -0.39 is 0 Å². The molecular formula is C19H18N4O. The lowest BCUT2D eigenvalue weighted by Gasteiger charge is -2.06. The van der Waals surface area contributed by atoms with E-state index in [0.717, 1.165) is 21.9 Å². The molecule has 5 nitrogen and oxygen atoms in total. The van der Waals surface area contributed by atoms with Crippen LogP contribution in [-0.4, -0.2) is 14.3 Å². The molecule has 0 spiro atoms. The number of aryl methyl sites for hydroxylation is 2. The Morgan fingerprint density at radius 1 is 1.12 bits per heavy atom. The summed E-state index contributed by atoms with van der Waals surface area (Å²) in [6, 6.07) is 13.7. The molecule has 0 unspecified atom stereocenters. The molecule has 0 fully saturated rings. The normalized spacial score (nSPS) is 11.4. The van der Waals surface area contributed by atoms with Gasteiger partial charge in [-0.3, -0.25) is 4.79 Å². The molecule has 2 N–H and O–H groups in total. The number of rotatable bonds is 2. The minimum Gasteiger partial charge on any atom is -0.399 e. The van der Waals surface area contributed by atoms with Crippen molar-refractivity contribution in [1.82, 2.24) is 14.3 Å². The molecule has 120 valence electrons. The largest absolute Gasteiger partial charge is 0.399 e. The number of benzene rings is 2. The Balaban J connectivity index is 1.93. The lowest BCUT2D eigenvalue weighted by atomic mass is 10.1. The summed E-state index contributed by atoms with van der Waals surface area (Å²) >= 11 is 0. The molecule has 0 aliphatic heterocycles. The SMILES string of the molecule is Cc1ccc2c3cnn(Cc4cccc(N)c4)c(=O)c3n(C)c2c1. The Labute approximate surface area is 138 Å². The molecule has 0 amide bonds. The van der Waals surface area contributed by atoms with Crippen LogP contribution in [0.25, 0.3) is 21.8 Å². The third kappa shape index (κ3) is 2.17. The second-order valence-corrected chi connectivity index (χ2v) is 6.19. The zero-order valence-corrected chi connectivity index (χ0v) is 13.7. The molecular weight excluding hydrogens is 300 g/mol. The summed E-state index contributed by atoms with van der Waals surface area (Å²) in [6.45, 7) is 2.45. The van der Waals surface area contributed by atoms with Crippen LogP contribution in [0.3, 0.4) is 0 Å².